The Morgan fingerprint density at radius 2 is 1.54 bits per heavy atom. The number of imidazole rings is 1. The maximum absolute atomic E-state index is 9.34. The minimum Gasteiger partial charge on any atom is -0.547 e. The van der Waals surface area contributed by atoms with E-state index in [2.05, 4.69) is 41.8 Å². The molecular weight excluding hydrogens is 304 g/mol. The van der Waals surface area contributed by atoms with Gasteiger partial charge in [-0.25, -0.2) is 9.13 Å². The maximum atomic E-state index is 9.34. The number of carbonyl (C=O) groups is 1. The Bertz CT molecular complexity index is 416. The Balaban J connectivity index is 0.000000754. The largest absolute Gasteiger partial charge is 0.547 e. The highest BCUT2D eigenvalue weighted by molar-refractivity contribution is 5.68. The van der Waals surface area contributed by atoms with Crippen LogP contribution in [0.25, 0.3) is 0 Å². The fraction of sp³-hybridized carbons (Fsp3) is 0.789. The third-order valence-electron chi connectivity index (χ3n) is 3.93. The van der Waals surface area contributed by atoms with E-state index in [1.807, 2.05) is 0 Å². The van der Waals surface area contributed by atoms with Crippen molar-refractivity contribution in [3.05, 3.63) is 18.7 Å². The van der Waals surface area contributed by atoms with Gasteiger partial charge in [-0.05, 0) is 19.8 Å². The van der Waals surface area contributed by atoms with Crippen molar-refractivity contribution in [1.29, 1.82) is 0 Å². The minimum atomic E-state index is -1.44. The van der Waals surface area contributed by atoms with Crippen LogP contribution in [0.1, 0.15) is 78.1 Å². The van der Waals surface area contributed by atoms with E-state index < -0.39 is 12.1 Å². The van der Waals surface area contributed by atoms with E-state index in [1.165, 1.54) is 70.8 Å². The number of hydrogen-bond donors (Lipinski definition) is 1. The van der Waals surface area contributed by atoms with Gasteiger partial charge in [-0.2, -0.15) is 0 Å². The quantitative estimate of drug-likeness (QED) is 0.469. The minimum absolute atomic E-state index is 1.13. The fourth-order valence-corrected chi connectivity index (χ4v) is 2.42. The van der Waals surface area contributed by atoms with Crippen molar-refractivity contribution in [2.45, 2.75) is 90.7 Å². The molecule has 0 saturated heterocycles. The molecule has 1 rings (SSSR count). The van der Waals surface area contributed by atoms with E-state index in [0.717, 1.165) is 6.92 Å². The highest BCUT2D eigenvalue weighted by atomic mass is 16.4. The number of nitrogens with zero attached hydrogens (tertiary/aromatic N) is 2. The molecule has 0 saturated carbocycles. The van der Waals surface area contributed by atoms with Gasteiger partial charge in [0.15, 0.2) is 0 Å². The molecule has 24 heavy (non-hydrogen) atoms. The lowest BCUT2D eigenvalue weighted by molar-refractivity contribution is -0.671. The summed E-state index contributed by atoms with van der Waals surface area (Å²) in [5.41, 5.74) is 0. The molecule has 0 aliphatic carbocycles. The topological polar surface area (TPSA) is 69.2 Å². The maximum Gasteiger partial charge on any atom is 0.243 e. The summed E-state index contributed by atoms with van der Waals surface area (Å²) >= 11 is 0. The molecule has 0 aliphatic rings. The van der Waals surface area contributed by atoms with Crippen molar-refractivity contribution >= 4 is 5.97 Å². The SMILES string of the molecule is CCCCCCCCCCCCn1cc[n+](C)c1.C[C@H](O)C(=O)[O-]. The molecule has 0 aromatic carbocycles. The van der Waals surface area contributed by atoms with Gasteiger partial charge >= 0.3 is 0 Å². The zero-order chi connectivity index (χ0) is 18.2. The first-order valence-corrected chi connectivity index (χ1v) is 9.37. The molecule has 0 bridgehead atoms. The lowest BCUT2D eigenvalue weighted by Crippen LogP contribution is -2.32. The molecule has 0 fully saturated rings. The first-order valence-electron chi connectivity index (χ1n) is 9.37. The Kier molecular flexibility index (Phi) is 14.3. The van der Waals surface area contributed by atoms with Gasteiger partial charge in [-0.3, -0.25) is 0 Å². The van der Waals surface area contributed by atoms with Crippen LogP contribution < -0.4 is 9.67 Å². The van der Waals surface area contributed by atoms with Crippen LogP contribution in [0.3, 0.4) is 0 Å². The second kappa shape index (κ2) is 15.2. The average molecular weight is 341 g/mol. The number of carbonyl (C=O) groups excluding carboxylic acids is 1. The Morgan fingerprint density at radius 1 is 1.08 bits per heavy atom. The highest BCUT2D eigenvalue weighted by Crippen LogP contribution is 2.10. The van der Waals surface area contributed by atoms with E-state index in [9.17, 15) is 9.90 Å². The Labute approximate surface area is 147 Å². The highest BCUT2D eigenvalue weighted by Gasteiger charge is 1.99. The standard InChI is InChI=1S/C16H31N2.C3H6O3/c1-3-4-5-6-7-8-9-10-11-12-13-18-15-14-17(2)16-18;1-2(4)3(5)6/h14-16H,3-13H2,1-2H3;2,4H,1H3,(H,5,6)/q+1;/p-1/t;2-/m.0/s1. The van der Waals surface area contributed by atoms with Crippen LogP contribution in [0, 0.1) is 0 Å². The molecule has 1 aromatic heterocycles. The lowest BCUT2D eigenvalue weighted by atomic mass is 10.1. The van der Waals surface area contributed by atoms with E-state index in [-0.39, 0.29) is 0 Å². The van der Waals surface area contributed by atoms with Crippen molar-refractivity contribution in [1.82, 2.24) is 4.57 Å². The monoisotopic (exact) mass is 340 g/mol. The van der Waals surface area contributed by atoms with Gasteiger partial charge in [0.1, 0.15) is 12.4 Å². The van der Waals surface area contributed by atoms with Crippen LogP contribution in [0.2, 0.25) is 0 Å². The van der Waals surface area contributed by atoms with Gasteiger partial charge in [0.05, 0.1) is 25.7 Å². The van der Waals surface area contributed by atoms with Crippen molar-refractivity contribution in [2.24, 2.45) is 7.05 Å². The molecule has 1 atom stereocenters. The van der Waals surface area contributed by atoms with E-state index in [0.29, 0.717) is 0 Å². The van der Waals surface area contributed by atoms with Crippen LogP contribution in [0.15, 0.2) is 18.7 Å². The second-order valence-electron chi connectivity index (χ2n) is 6.49. The van der Waals surface area contributed by atoms with Crippen molar-refractivity contribution in [3.63, 3.8) is 0 Å². The number of rotatable bonds is 12. The summed E-state index contributed by atoms with van der Waals surface area (Å²) in [6.07, 6.45) is 19.2. The van der Waals surface area contributed by atoms with Crippen molar-refractivity contribution in [2.75, 3.05) is 0 Å². The number of unbranched alkanes of at least 4 members (excludes halogenated alkanes) is 9. The number of aromatic nitrogens is 2. The first kappa shape index (κ1) is 22.6. The predicted octanol–water partition coefficient (Wildman–Crippen LogP) is 2.35. The Hall–Kier alpha value is -1.36. The molecule has 5 heteroatoms. The van der Waals surface area contributed by atoms with Gasteiger partial charge in [-0.1, -0.05) is 58.3 Å². The number of carboxylic acid groups (broad SMARTS) is 1. The lowest BCUT2D eigenvalue weighted by Gasteiger charge is -2.01. The smallest absolute Gasteiger partial charge is 0.243 e. The Morgan fingerprint density at radius 3 is 1.92 bits per heavy atom. The molecule has 0 unspecified atom stereocenters. The molecule has 1 heterocycles. The van der Waals surface area contributed by atoms with Gasteiger partial charge in [0.25, 0.3) is 0 Å². The average Bonchev–Trinajstić information content (AvgIpc) is 2.95. The normalized spacial score (nSPS) is 11.7. The number of aliphatic hydroxyl groups is 1. The van der Waals surface area contributed by atoms with Crippen LogP contribution in [-0.4, -0.2) is 21.7 Å². The van der Waals surface area contributed by atoms with Crippen LogP contribution in [-0.2, 0) is 18.4 Å². The van der Waals surface area contributed by atoms with Gasteiger partial charge in [-0.15, -0.1) is 0 Å². The fourth-order valence-electron chi connectivity index (χ4n) is 2.42. The summed E-state index contributed by atoms with van der Waals surface area (Å²) in [4.78, 5) is 9.34. The summed E-state index contributed by atoms with van der Waals surface area (Å²) in [7, 11) is 2.08. The number of hydrogen-bond acceptors (Lipinski definition) is 3. The summed E-state index contributed by atoms with van der Waals surface area (Å²) < 4.78 is 4.39. The molecule has 0 amide bonds. The molecule has 5 nitrogen and oxygen atoms in total. The summed E-state index contributed by atoms with van der Waals surface area (Å²) in [6, 6.07) is 0. The summed E-state index contributed by atoms with van der Waals surface area (Å²) in [5, 5.41) is 17.3. The number of carboxylic acids is 1. The summed E-state index contributed by atoms with van der Waals surface area (Å²) in [5.74, 6) is -1.44. The number of aliphatic carboxylic acids is 1. The molecular formula is C19H36N2O3. The predicted molar refractivity (Wildman–Crippen MR) is 94.1 cm³/mol. The van der Waals surface area contributed by atoms with Gasteiger partial charge in [0, 0.05) is 0 Å². The first-order chi connectivity index (χ1) is 11.5. The summed E-state index contributed by atoms with van der Waals surface area (Å²) in [6.45, 7) is 4.59. The molecule has 0 radical (unpaired) electrons. The zero-order valence-corrected chi connectivity index (χ0v) is 15.7. The van der Waals surface area contributed by atoms with E-state index >= 15 is 0 Å². The van der Waals surface area contributed by atoms with Crippen molar-refractivity contribution < 1.29 is 19.6 Å². The third kappa shape index (κ3) is 14.2. The van der Waals surface area contributed by atoms with Gasteiger partial charge in [0.2, 0.25) is 6.33 Å². The molecule has 0 aliphatic heterocycles. The van der Waals surface area contributed by atoms with Crippen LogP contribution >= 0.6 is 0 Å². The zero-order valence-electron chi connectivity index (χ0n) is 15.7. The van der Waals surface area contributed by atoms with Gasteiger partial charge < -0.3 is 15.0 Å². The van der Waals surface area contributed by atoms with E-state index in [4.69, 9.17) is 5.11 Å². The van der Waals surface area contributed by atoms with Crippen LogP contribution in [0.4, 0.5) is 0 Å². The van der Waals surface area contributed by atoms with E-state index in [1.54, 1.807) is 0 Å². The molecule has 1 N–H and O–H groups in total. The molecule has 140 valence electrons. The number of aliphatic hydroxyl groups excluding tert-OH is 1. The number of aryl methyl sites for hydroxylation is 2. The van der Waals surface area contributed by atoms with Crippen LogP contribution in [0.5, 0.6) is 0 Å². The molecule has 0 spiro atoms. The third-order valence-corrected chi connectivity index (χ3v) is 3.93. The molecule has 1 aromatic rings. The second-order valence-corrected chi connectivity index (χ2v) is 6.49. The van der Waals surface area contributed by atoms with Crippen molar-refractivity contribution in [3.8, 4) is 0 Å².